The van der Waals surface area contributed by atoms with Gasteiger partial charge in [-0.25, -0.2) is 9.79 Å². The first-order valence-corrected chi connectivity index (χ1v) is 5.17. The Morgan fingerprint density at radius 1 is 1.82 bits per heavy atom. The predicted octanol–water partition coefficient (Wildman–Crippen LogP) is 0.765. The molecule has 0 saturated heterocycles. The third-order valence-electron chi connectivity index (χ3n) is 1.08. The standard InChI is InChI=1S/C7H13NO2Si/c1-7(2)10-11-5-3-4-8-6-9/h1,3-5,11H2,2H3. The lowest BCUT2D eigenvalue weighted by Gasteiger charge is -2.01. The summed E-state index contributed by atoms with van der Waals surface area (Å²) in [5.74, 6) is 0.788. The zero-order valence-electron chi connectivity index (χ0n) is 6.80. The van der Waals surface area contributed by atoms with E-state index in [1.165, 1.54) is 6.08 Å². The van der Waals surface area contributed by atoms with Crippen LogP contribution in [-0.2, 0) is 9.22 Å². The SMILES string of the molecule is C=C(C)O[SiH2]CCCN=C=O. The fraction of sp³-hybridized carbons (Fsp3) is 0.571. The smallest absolute Gasteiger partial charge is 0.234 e. The van der Waals surface area contributed by atoms with Crippen molar-refractivity contribution >= 4 is 15.8 Å². The van der Waals surface area contributed by atoms with Crippen LogP contribution < -0.4 is 0 Å². The highest BCUT2D eigenvalue weighted by molar-refractivity contribution is 6.27. The fourth-order valence-corrected chi connectivity index (χ4v) is 1.51. The molecule has 0 aromatic rings. The molecule has 0 fully saturated rings. The largest absolute Gasteiger partial charge is 0.553 e. The number of aliphatic imine (C=N–C) groups is 1. The van der Waals surface area contributed by atoms with Gasteiger partial charge in [-0.3, -0.25) is 0 Å². The minimum atomic E-state index is -0.453. The van der Waals surface area contributed by atoms with E-state index in [9.17, 15) is 4.79 Å². The lowest BCUT2D eigenvalue weighted by atomic mass is 10.5. The molecule has 0 unspecified atom stereocenters. The average Bonchev–Trinajstić information content (AvgIpc) is 1.96. The summed E-state index contributed by atoms with van der Waals surface area (Å²) in [7, 11) is -0.453. The Hall–Kier alpha value is -0.863. The lowest BCUT2D eigenvalue weighted by Crippen LogP contribution is -1.96. The maximum absolute atomic E-state index is 9.62. The summed E-state index contributed by atoms with van der Waals surface area (Å²) in [5.41, 5.74) is 0. The van der Waals surface area contributed by atoms with Gasteiger partial charge in [0.2, 0.25) is 15.8 Å². The molecule has 0 rings (SSSR count). The molecule has 0 aromatic carbocycles. The van der Waals surface area contributed by atoms with Gasteiger partial charge < -0.3 is 4.43 Å². The second-order valence-electron chi connectivity index (χ2n) is 2.23. The Balaban J connectivity index is 3.02. The molecule has 11 heavy (non-hydrogen) atoms. The first-order valence-electron chi connectivity index (χ1n) is 3.59. The Labute approximate surface area is 69.1 Å². The molecule has 0 atom stereocenters. The number of hydrogen-bond acceptors (Lipinski definition) is 3. The zero-order chi connectivity index (χ0) is 8.53. The summed E-state index contributed by atoms with van der Waals surface area (Å²) in [4.78, 5) is 13.0. The Morgan fingerprint density at radius 2 is 2.55 bits per heavy atom. The van der Waals surface area contributed by atoms with E-state index in [4.69, 9.17) is 4.43 Å². The highest BCUT2D eigenvalue weighted by Gasteiger charge is 1.89. The number of isocyanates is 1. The maximum Gasteiger partial charge on any atom is 0.234 e. The third kappa shape index (κ3) is 9.14. The molecule has 0 aliphatic carbocycles. The van der Waals surface area contributed by atoms with Crippen molar-refractivity contribution in [1.82, 2.24) is 0 Å². The molecule has 0 saturated carbocycles. The number of allylic oxidation sites excluding steroid dienone is 1. The van der Waals surface area contributed by atoms with Crippen LogP contribution in [0, 0.1) is 0 Å². The van der Waals surface area contributed by atoms with Crippen molar-refractivity contribution in [3.05, 3.63) is 12.3 Å². The summed E-state index contributed by atoms with van der Waals surface area (Å²) in [6, 6.07) is 1.04. The minimum Gasteiger partial charge on any atom is -0.553 e. The monoisotopic (exact) mass is 171 g/mol. The molecule has 0 spiro atoms. The molecule has 62 valence electrons. The summed E-state index contributed by atoms with van der Waals surface area (Å²) in [6.07, 6.45) is 2.42. The quantitative estimate of drug-likeness (QED) is 0.195. The Bertz CT molecular complexity index is 160. The lowest BCUT2D eigenvalue weighted by molar-refractivity contribution is 0.455. The molecular formula is C7H13NO2Si. The second kappa shape index (κ2) is 7.25. The van der Waals surface area contributed by atoms with Gasteiger partial charge in [0.1, 0.15) is 0 Å². The molecule has 0 aliphatic rings. The van der Waals surface area contributed by atoms with Gasteiger partial charge in [0.15, 0.2) is 0 Å². The number of carbonyl (C=O) groups excluding carboxylic acids is 1. The van der Waals surface area contributed by atoms with Crippen LogP contribution in [0.3, 0.4) is 0 Å². The van der Waals surface area contributed by atoms with Gasteiger partial charge in [-0.15, -0.1) is 0 Å². The first kappa shape index (κ1) is 10.1. The van der Waals surface area contributed by atoms with Gasteiger partial charge in [-0.05, 0) is 19.4 Å². The van der Waals surface area contributed by atoms with Crippen molar-refractivity contribution in [3.63, 3.8) is 0 Å². The van der Waals surface area contributed by atoms with Crippen molar-refractivity contribution in [2.75, 3.05) is 6.54 Å². The van der Waals surface area contributed by atoms with E-state index in [0.717, 1.165) is 18.2 Å². The zero-order valence-corrected chi connectivity index (χ0v) is 8.21. The average molecular weight is 171 g/mol. The fourth-order valence-electron chi connectivity index (χ4n) is 0.585. The molecule has 0 aromatic heterocycles. The van der Waals surface area contributed by atoms with E-state index in [1.807, 2.05) is 6.92 Å². The minimum absolute atomic E-state index is 0.453. The number of hydrogen-bond donors (Lipinski definition) is 0. The summed E-state index contributed by atoms with van der Waals surface area (Å²) in [6.45, 7) is 6.04. The number of rotatable bonds is 6. The van der Waals surface area contributed by atoms with Crippen LogP contribution in [0.15, 0.2) is 17.3 Å². The van der Waals surface area contributed by atoms with E-state index >= 15 is 0 Å². The second-order valence-corrected chi connectivity index (χ2v) is 3.63. The molecule has 0 N–H and O–H groups in total. The van der Waals surface area contributed by atoms with E-state index in [1.54, 1.807) is 0 Å². The molecule has 0 heterocycles. The Morgan fingerprint density at radius 3 is 3.09 bits per heavy atom. The topological polar surface area (TPSA) is 38.7 Å². The van der Waals surface area contributed by atoms with Gasteiger partial charge in [0, 0.05) is 0 Å². The van der Waals surface area contributed by atoms with Crippen LogP contribution in [0.2, 0.25) is 6.04 Å². The van der Waals surface area contributed by atoms with Crippen molar-refractivity contribution in [2.45, 2.75) is 19.4 Å². The van der Waals surface area contributed by atoms with Gasteiger partial charge in [0.05, 0.1) is 12.3 Å². The van der Waals surface area contributed by atoms with E-state index < -0.39 is 9.76 Å². The van der Waals surface area contributed by atoms with E-state index in [0.29, 0.717) is 6.54 Å². The van der Waals surface area contributed by atoms with Crippen LogP contribution in [-0.4, -0.2) is 22.4 Å². The van der Waals surface area contributed by atoms with Crippen molar-refractivity contribution in [2.24, 2.45) is 4.99 Å². The highest BCUT2D eigenvalue weighted by Crippen LogP contribution is 1.94. The van der Waals surface area contributed by atoms with Crippen molar-refractivity contribution in [1.29, 1.82) is 0 Å². The predicted molar refractivity (Wildman–Crippen MR) is 46.9 cm³/mol. The first-order chi connectivity index (χ1) is 5.27. The third-order valence-corrected chi connectivity index (χ3v) is 2.56. The number of nitrogens with zero attached hydrogens (tertiary/aromatic N) is 1. The van der Waals surface area contributed by atoms with Crippen molar-refractivity contribution < 1.29 is 9.22 Å². The van der Waals surface area contributed by atoms with Gasteiger partial charge in [-0.1, -0.05) is 6.58 Å². The molecule has 0 aliphatic heterocycles. The van der Waals surface area contributed by atoms with E-state index in [2.05, 4.69) is 11.6 Å². The van der Waals surface area contributed by atoms with Crippen LogP contribution in [0.25, 0.3) is 0 Å². The van der Waals surface area contributed by atoms with Crippen molar-refractivity contribution in [3.8, 4) is 0 Å². The molecule has 4 heteroatoms. The molecule has 3 nitrogen and oxygen atoms in total. The van der Waals surface area contributed by atoms with Gasteiger partial charge >= 0.3 is 0 Å². The summed E-state index contributed by atoms with van der Waals surface area (Å²) in [5, 5.41) is 0. The normalized spacial score (nSPS) is 9.55. The summed E-state index contributed by atoms with van der Waals surface area (Å²) < 4.78 is 5.23. The van der Waals surface area contributed by atoms with Crippen LogP contribution in [0.5, 0.6) is 0 Å². The van der Waals surface area contributed by atoms with Crippen LogP contribution in [0.4, 0.5) is 0 Å². The molecule has 0 bridgehead atoms. The molecular weight excluding hydrogens is 158 g/mol. The van der Waals surface area contributed by atoms with E-state index in [-0.39, 0.29) is 0 Å². The van der Waals surface area contributed by atoms with Crippen LogP contribution >= 0.6 is 0 Å². The Kier molecular flexibility index (Phi) is 6.68. The highest BCUT2D eigenvalue weighted by atomic mass is 28.2. The van der Waals surface area contributed by atoms with Gasteiger partial charge in [-0.2, -0.15) is 0 Å². The molecule has 0 amide bonds. The van der Waals surface area contributed by atoms with Gasteiger partial charge in [0.25, 0.3) is 0 Å². The summed E-state index contributed by atoms with van der Waals surface area (Å²) >= 11 is 0. The maximum atomic E-state index is 9.62. The molecule has 0 radical (unpaired) electrons. The van der Waals surface area contributed by atoms with Crippen LogP contribution in [0.1, 0.15) is 13.3 Å².